The minimum atomic E-state index is -0.761. The van der Waals surface area contributed by atoms with Gasteiger partial charge in [0.25, 0.3) is 11.8 Å². The van der Waals surface area contributed by atoms with Crippen LogP contribution in [0.5, 0.6) is 0 Å². The Morgan fingerprint density at radius 1 is 0.727 bits per heavy atom. The minimum Gasteiger partial charge on any atom is -0.365 e. The molecule has 0 heterocycles. The van der Waals surface area contributed by atoms with E-state index in [1.807, 2.05) is 65.8 Å². The van der Waals surface area contributed by atoms with Crippen molar-refractivity contribution in [1.82, 2.24) is 0 Å². The van der Waals surface area contributed by atoms with Crippen LogP contribution in [0.15, 0.2) is 23.3 Å². The van der Waals surface area contributed by atoms with Crippen molar-refractivity contribution in [3.05, 3.63) is 78.9 Å². The molecule has 0 aliphatic rings. The van der Waals surface area contributed by atoms with Crippen molar-refractivity contribution >= 4 is 24.0 Å². The molecule has 2 aromatic carbocycles. The normalized spacial score (nSPS) is 11.6. The molecule has 0 spiro atoms. The topological polar surface area (TPSA) is 134 Å². The van der Waals surface area contributed by atoms with Crippen LogP contribution < -0.4 is 11.5 Å². The maximum absolute atomic E-state index is 11.6. The van der Waals surface area contributed by atoms with E-state index in [0.717, 1.165) is 55.6 Å². The van der Waals surface area contributed by atoms with Crippen LogP contribution in [0.2, 0.25) is 0 Å². The third-order valence-electron chi connectivity index (χ3n) is 6.08. The second-order valence-electron chi connectivity index (χ2n) is 8.30. The molecule has 6 nitrogen and oxygen atoms in total. The van der Waals surface area contributed by atoms with E-state index in [1.54, 1.807) is 12.2 Å². The summed E-state index contributed by atoms with van der Waals surface area (Å²) in [6.07, 6.45) is 3.70. The molecule has 2 amide bonds. The van der Waals surface area contributed by atoms with Gasteiger partial charge in [-0.25, -0.2) is 0 Å². The number of primary amides is 2. The van der Waals surface area contributed by atoms with E-state index < -0.39 is 11.8 Å². The number of nitrogens with two attached hydrogens (primary N) is 2. The molecule has 2 rings (SSSR count). The predicted molar refractivity (Wildman–Crippen MR) is 130 cm³/mol. The van der Waals surface area contributed by atoms with Crippen molar-refractivity contribution in [3.63, 3.8) is 0 Å². The largest absolute Gasteiger partial charge is 0.365 e. The maximum atomic E-state index is 11.6. The second kappa shape index (κ2) is 9.97. The number of carbonyl (C=O) groups is 2. The van der Waals surface area contributed by atoms with Crippen LogP contribution in [0.25, 0.3) is 12.2 Å². The van der Waals surface area contributed by atoms with Crippen LogP contribution in [0, 0.1) is 64.2 Å². The summed E-state index contributed by atoms with van der Waals surface area (Å²) < 4.78 is 0. The summed E-state index contributed by atoms with van der Waals surface area (Å²) in [5.74, 6) is -1.52. The first-order valence-corrected chi connectivity index (χ1v) is 10.4. The molecule has 0 saturated heterocycles. The number of nitriles is 2. The lowest BCUT2D eigenvalue weighted by molar-refractivity contribution is -0.115. The summed E-state index contributed by atoms with van der Waals surface area (Å²) in [4.78, 5) is 23.2. The van der Waals surface area contributed by atoms with E-state index >= 15 is 0 Å². The first-order valence-electron chi connectivity index (χ1n) is 10.4. The molecule has 0 bridgehead atoms. The number of nitrogens with zero attached hydrogens (tertiary/aromatic N) is 2. The van der Waals surface area contributed by atoms with Gasteiger partial charge < -0.3 is 11.5 Å². The minimum absolute atomic E-state index is 0.0957. The van der Waals surface area contributed by atoms with E-state index in [0.29, 0.717) is 6.42 Å². The maximum Gasteiger partial charge on any atom is 0.259 e. The fourth-order valence-electron chi connectivity index (χ4n) is 4.26. The lowest BCUT2D eigenvalue weighted by atomic mass is 9.84. The molecule has 2 aromatic rings. The first-order chi connectivity index (χ1) is 15.4. The highest BCUT2D eigenvalue weighted by Gasteiger charge is 2.17. The Hall–Kier alpha value is -4.16. The Morgan fingerprint density at radius 3 is 1.33 bits per heavy atom. The molecule has 0 unspecified atom stereocenters. The van der Waals surface area contributed by atoms with E-state index in [4.69, 9.17) is 11.5 Å². The van der Waals surface area contributed by atoms with Crippen molar-refractivity contribution in [1.29, 1.82) is 10.5 Å². The Balaban J connectivity index is 2.75. The summed E-state index contributed by atoms with van der Waals surface area (Å²) in [5, 5.41) is 18.6. The molecule has 4 N–H and O–H groups in total. The third kappa shape index (κ3) is 5.19. The Morgan fingerprint density at radius 2 is 1.06 bits per heavy atom. The van der Waals surface area contributed by atoms with E-state index in [1.165, 1.54) is 0 Å². The highest BCUT2D eigenvalue weighted by Crippen LogP contribution is 2.31. The smallest absolute Gasteiger partial charge is 0.259 e. The van der Waals surface area contributed by atoms with Gasteiger partial charge in [0.2, 0.25) is 0 Å². The Labute approximate surface area is 194 Å². The highest BCUT2D eigenvalue weighted by molar-refractivity contribution is 6.01. The molecular weight excluding hydrogens is 412 g/mol. The number of rotatable bonds is 6. The average Bonchev–Trinajstić information content (AvgIpc) is 2.72. The summed E-state index contributed by atoms with van der Waals surface area (Å²) >= 11 is 0. The zero-order valence-corrected chi connectivity index (χ0v) is 19.9. The lowest BCUT2D eigenvalue weighted by Gasteiger charge is -2.20. The molecular formula is C27H28N4O2. The first kappa shape index (κ1) is 25.1. The zero-order chi connectivity index (χ0) is 25.0. The SMILES string of the molecule is Cc1cc(C)c(Cc2c(C)cc(C)c(C=C(C#N)C(N)=O)c2C)c(C)c1C=C(C#N)C(N)=O. The van der Waals surface area contributed by atoms with Gasteiger partial charge in [0, 0.05) is 0 Å². The molecule has 0 radical (unpaired) electrons. The van der Waals surface area contributed by atoms with Gasteiger partial charge in [0.15, 0.2) is 0 Å². The van der Waals surface area contributed by atoms with Gasteiger partial charge in [-0.3, -0.25) is 9.59 Å². The summed E-state index contributed by atoms with van der Waals surface area (Å²) in [7, 11) is 0. The van der Waals surface area contributed by atoms with Crippen molar-refractivity contribution in [3.8, 4) is 12.1 Å². The Kier molecular flexibility index (Phi) is 7.59. The molecule has 0 aromatic heterocycles. The number of benzene rings is 2. The molecule has 168 valence electrons. The molecule has 0 atom stereocenters. The third-order valence-corrected chi connectivity index (χ3v) is 6.08. The average molecular weight is 441 g/mol. The van der Waals surface area contributed by atoms with Gasteiger partial charge >= 0.3 is 0 Å². The van der Waals surface area contributed by atoms with E-state index in [9.17, 15) is 20.1 Å². The monoisotopic (exact) mass is 440 g/mol. The van der Waals surface area contributed by atoms with Crippen LogP contribution in [-0.2, 0) is 16.0 Å². The predicted octanol–water partition coefficient (Wildman–Crippen LogP) is 3.91. The quantitative estimate of drug-likeness (QED) is 0.520. The number of hydrogen-bond acceptors (Lipinski definition) is 4. The molecule has 0 aliphatic carbocycles. The van der Waals surface area contributed by atoms with Crippen molar-refractivity contribution in [2.45, 2.75) is 48.0 Å². The number of amides is 2. The van der Waals surface area contributed by atoms with E-state index in [-0.39, 0.29) is 11.1 Å². The Bertz CT molecular complexity index is 1210. The highest BCUT2D eigenvalue weighted by atomic mass is 16.1. The van der Waals surface area contributed by atoms with Gasteiger partial charge in [-0.15, -0.1) is 0 Å². The number of carbonyl (C=O) groups excluding carboxylic acids is 2. The summed E-state index contributed by atoms with van der Waals surface area (Å²) in [6, 6.07) is 7.80. The number of aryl methyl sites for hydroxylation is 4. The van der Waals surface area contributed by atoms with Crippen molar-refractivity contribution in [2.24, 2.45) is 11.5 Å². The van der Waals surface area contributed by atoms with Crippen molar-refractivity contribution in [2.75, 3.05) is 0 Å². The van der Waals surface area contributed by atoms with Gasteiger partial charge in [0.05, 0.1) is 0 Å². The summed E-state index contributed by atoms with van der Waals surface area (Å²) in [6.45, 7) is 11.9. The zero-order valence-electron chi connectivity index (χ0n) is 19.9. The fraction of sp³-hybridized carbons (Fsp3) is 0.259. The molecule has 0 aliphatic heterocycles. The van der Waals surface area contributed by atoms with Gasteiger partial charge in [-0.1, -0.05) is 12.1 Å². The van der Waals surface area contributed by atoms with Crippen LogP contribution in [0.3, 0.4) is 0 Å². The fourth-order valence-corrected chi connectivity index (χ4v) is 4.26. The lowest BCUT2D eigenvalue weighted by Crippen LogP contribution is -2.13. The molecule has 0 saturated carbocycles. The van der Waals surface area contributed by atoms with Gasteiger partial charge in [0.1, 0.15) is 23.3 Å². The van der Waals surface area contributed by atoms with Crippen LogP contribution in [0.4, 0.5) is 0 Å². The van der Waals surface area contributed by atoms with E-state index in [2.05, 4.69) is 0 Å². The molecule has 33 heavy (non-hydrogen) atoms. The standard InChI is InChI=1S/C27H28N4O2/c1-14-7-16(3)24(18(5)22(14)9-20(12-28)26(30)32)11-25-17(4)8-15(2)23(19(25)6)10-21(13-29)27(31)33/h7-10H,11H2,1-6H3,(H2,30,32)(H2,31,33). The van der Waals surface area contributed by atoms with Gasteiger partial charge in [-0.2, -0.15) is 10.5 Å². The molecule has 6 heteroatoms. The number of hydrogen-bond donors (Lipinski definition) is 2. The van der Waals surface area contributed by atoms with Gasteiger partial charge in [-0.05, 0) is 116 Å². The second-order valence-corrected chi connectivity index (χ2v) is 8.30. The van der Waals surface area contributed by atoms with Crippen LogP contribution in [0.1, 0.15) is 55.6 Å². The van der Waals surface area contributed by atoms with Crippen LogP contribution >= 0.6 is 0 Å². The van der Waals surface area contributed by atoms with Crippen molar-refractivity contribution < 1.29 is 9.59 Å². The molecule has 0 fully saturated rings. The van der Waals surface area contributed by atoms with Crippen LogP contribution in [-0.4, -0.2) is 11.8 Å². The summed E-state index contributed by atoms with van der Waals surface area (Å²) in [5.41, 5.74) is 20.2.